The van der Waals surface area contributed by atoms with Crippen LogP contribution in [0, 0.1) is 6.92 Å². The summed E-state index contributed by atoms with van der Waals surface area (Å²) >= 11 is 1.52. The molecule has 0 aliphatic heterocycles. The molecular formula is C9H9N3O2S. The third kappa shape index (κ3) is 1.89. The van der Waals surface area contributed by atoms with Gasteiger partial charge in [-0.25, -0.2) is 9.97 Å². The van der Waals surface area contributed by atoms with Crippen LogP contribution >= 0.6 is 11.3 Å². The minimum atomic E-state index is -0.908. The molecule has 2 rings (SSSR count). The number of hydrogen-bond acceptors (Lipinski definition) is 5. The highest BCUT2D eigenvalue weighted by molar-refractivity contribution is 7.17. The van der Waals surface area contributed by atoms with Gasteiger partial charge in [0.1, 0.15) is 23.5 Å². The Kier molecular flexibility index (Phi) is 2.51. The molecule has 0 atom stereocenters. The highest BCUT2D eigenvalue weighted by Crippen LogP contribution is 2.27. The van der Waals surface area contributed by atoms with E-state index < -0.39 is 5.97 Å². The van der Waals surface area contributed by atoms with Crippen molar-refractivity contribution in [2.24, 2.45) is 0 Å². The second-order valence-corrected chi connectivity index (χ2v) is 3.93. The Morgan fingerprint density at radius 3 is 3.13 bits per heavy atom. The van der Waals surface area contributed by atoms with Crippen molar-refractivity contribution < 1.29 is 9.90 Å². The van der Waals surface area contributed by atoms with Crippen LogP contribution in [-0.2, 0) is 4.79 Å². The molecule has 0 saturated heterocycles. The topological polar surface area (TPSA) is 75.1 Å². The molecule has 0 bridgehead atoms. The molecule has 5 nitrogen and oxygen atoms in total. The predicted molar refractivity (Wildman–Crippen MR) is 58.3 cm³/mol. The van der Waals surface area contributed by atoms with Crippen LogP contribution in [0.4, 0.5) is 5.82 Å². The lowest BCUT2D eigenvalue weighted by atomic mass is 10.2. The van der Waals surface area contributed by atoms with Crippen molar-refractivity contribution in [2.75, 3.05) is 11.9 Å². The van der Waals surface area contributed by atoms with Gasteiger partial charge in [-0.05, 0) is 17.9 Å². The molecule has 15 heavy (non-hydrogen) atoms. The first-order valence-corrected chi connectivity index (χ1v) is 5.21. The average molecular weight is 223 g/mol. The van der Waals surface area contributed by atoms with Crippen LogP contribution in [0.15, 0.2) is 11.7 Å². The van der Waals surface area contributed by atoms with Crippen LogP contribution in [0.3, 0.4) is 0 Å². The Balaban J connectivity index is 2.41. The number of aromatic nitrogens is 2. The van der Waals surface area contributed by atoms with Crippen molar-refractivity contribution in [3.8, 4) is 0 Å². The molecule has 6 heteroatoms. The molecule has 0 radical (unpaired) electrons. The monoisotopic (exact) mass is 223 g/mol. The summed E-state index contributed by atoms with van der Waals surface area (Å²) in [6.07, 6.45) is 1.43. The lowest BCUT2D eigenvalue weighted by Crippen LogP contribution is -2.13. The first-order valence-electron chi connectivity index (χ1n) is 4.33. The molecule has 2 heterocycles. The van der Waals surface area contributed by atoms with Crippen LogP contribution < -0.4 is 5.32 Å². The van der Waals surface area contributed by atoms with E-state index in [-0.39, 0.29) is 6.54 Å². The van der Waals surface area contributed by atoms with E-state index in [2.05, 4.69) is 15.3 Å². The molecule has 0 amide bonds. The smallest absolute Gasteiger partial charge is 0.322 e. The van der Waals surface area contributed by atoms with E-state index in [0.717, 1.165) is 15.8 Å². The molecule has 2 aromatic heterocycles. The van der Waals surface area contributed by atoms with Crippen LogP contribution in [0.1, 0.15) is 5.56 Å². The van der Waals surface area contributed by atoms with Gasteiger partial charge in [0.25, 0.3) is 0 Å². The maximum atomic E-state index is 10.4. The number of thiophene rings is 1. The Bertz CT molecular complexity index is 509. The van der Waals surface area contributed by atoms with Gasteiger partial charge in [-0.1, -0.05) is 0 Å². The third-order valence-electron chi connectivity index (χ3n) is 1.96. The predicted octanol–water partition coefficient (Wildman–Crippen LogP) is 1.50. The third-order valence-corrected chi connectivity index (χ3v) is 2.97. The zero-order valence-electron chi connectivity index (χ0n) is 8.02. The maximum absolute atomic E-state index is 10.4. The second-order valence-electron chi connectivity index (χ2n) is 3.07. The van der Waals surface area contributed by atoms with Crippen molar-refractivity contribution >= 4 is 33.3 Å². The first-order chi connectivity index (χ1) is 7.18. The Morgan fingerprint density at radius 1 is 1.60 bits per heavy atom. The fourth-order valence-corrected chi connectivity index (χ4v) is 2.20. The van der Waals surface area contributed by atoms with E-state index in [1.54, 1.807) is 0 Å². The summed E-state index contributed by atoms with van der Waals surface area (Å²) < 4.78 is 0. The summed E-state index contributed by atoms with van der Waals surface area (Å²) in [5.74, 6) is -0.323. The zero-order valence-corrected chi connectivity index (χ0v) is 8.84. The fraction of sp³-hybridized carbons (Fsp3) is 0.222. The molecule has 0 aliphatic carbocycles. The van der Waals surface area contributed by atoms with E-state index in [9.17, 15) is 4.79 Å². The Hall–Kier alpha value is -1.69. The molecular weight excluding hydrogens is 214 g/mol. The number of hydrogen-bond donors (Lipinski definition) is 2. The summed E-state index contributed by atoms with van der Waals surface area (Å²) in [4.78, 5) is 19.4. The van der Waals surface area contributed by atoms with Gasteiger partial charge in [0.2, 0.25) is 0 Å². The van der Waals surface area contributed by atoms with Gasteiger partial charge in [0.05, 0.1) is 5.39 Å². The molecule has 78 valence electrons. The lowest BCUT2D eigenvalue weighted by Gasteiger charge is -2.03. The number of anilines is 1. The molecule has 0 aromatic carbocycles. The van der Waals surface area contributed by atoms with E-state index in [4.69, 9.17) is 5.11 Å². The molecule has 0 spiro atoms. The van der Waals surface area contributed by atoms with Crippen molar-refractivity contribution in [2.45, 2.75) is 6.92 Å². The molecule has 0 fully saturated rings. The molecule has 0 saturated carbocycles. The van der Waals surface area contributed by atoms with Crippen molar-refractivity contribution in [1.29, 1.82) is 0 Å². The zero-order chi connectivity index (χ0) is 10.8. The van der Waals surface area contributed by atoms with Gasteiger partial charge >= 0.3 is 5.97 Å². The number of carbonyl (C=O) groups is 1. The van der Waals surface area contributed by atoms with Crippen molar-refractivity contribution in [1.82, 2.24) is 9.97 Å². The van der Waals surface area contributed by atoms with E-state index in [0.29, 0.717) is 5.82 Å². The fourth-order valence-electron chi connectivity index (χ4n) is 1.31. The number of nitrogens with one attached hydrogen (secondary N) is 1. The van der Waals surface area contributed by atoms with Crippen LogP contribution in [0.2, 0.25) is 0 Å². The average Bonchev–Trinajstić information content (AvgIpc) is 2.58. The number of aliphatic carboxylic acids is 1. The largest absolute Gasteiger partial charge is 0.480 e. The van der Waals surface area contributed by atoms with E-state index in [1.807, 2.05) is 12.3 Å². The number of carboxylic acid groups (broad SMARTS) is 1. The normalized spacial score (nSPS) is 10.5. The van der Waals surface area contributed by atoms with Gasteiger partial charge < -0.3 is 10.4 Å². The number of fused-ring (bicyclic) bond motifs is 1. The van der Waals surface area contributed by atoms with Gasteiger partial charge in [-0.15, -0.1) is 11.3 Å². The summed E-state index contributed by atoms with van der Waals surface area (Å²) in [6, 6.07) is 0. The molecule has 0 aliphatic rings. The summed E-state index contributed by atoms with van der Waals surface area (Å²) in [6.45, 7) is 1.82. The highest BCUT2D eigenvalue weighted by atomic mass is 32.1. The number of carboxylic acids is 1. The van der Waals surface area contributed by atoms with Gasteiger partial charge in [0.15, 0.2) is 0 Å². The molecule has 2 N–H and O–H groups in total. The number of nitrogens with zero attached hydrogens (tertiary/aromatic N) is 2. The molecule has 2 aromatic rings. The Morgan fingerprint density at radius 2 is 2.40 bits per heavy atom. The summed E-state index contributed by atoms with van der Waals surface area (Å²) in [7, 11) is 0. The summed E-state index contributed by atoms with van der Waals surface area (Å²) in [5.41, 5.74) is 1.06. The molecule has 0 unspecified atom stereocenters. The number of rotatable bonds is 3. The van der Waals surface area contributed by atoms with Crippen molar-refractivity contribution in [3.05, 3.63) is 17.3 Å². The maximum Gasteiger partial charge on any atom is 0.322 e. The second kappa shape index (κ2) is 3.82. The lowest BCUT2D eigenvalue weighted by molar-refractivity contribution is -0.134. The van der Waals surface area contributed by atoms with E-state index in [1.165, 1.54) is 17.7 Å². The van der Waals surface area contributed by atoms with Crippen LogP contribution in [0.5, 0.6) is 0 Å². The van der Waals surface area contributed by atoms with Crippen LogP contribution in [-0.4, -0.2) is 27.6 Å². The van der Waals surface area contributed by atoms with Crippen molar-refractivity contribution in [3.63, 3.8) is 0 Å². The standard InChI is InChI=1S/C9H9N3O2S/c1-5-3-15-9-7(5)8(11-4-12-9)10-2-6(13)14/h3-4H,2H2,1H3,(H,13,14)(H,10,11,12). The van der Waals surface area contributed by atoms with E-state index >= 15 is 0 Å². The SMILES string of the molecule is Cc1csc2ncnc(NCC(=O)O)c12. The minimum Gasteiger partial charge on any atom is -0.480 e. The number of aryl methyl sites for hydroxylation is 1. The van der Waals surface area contributed by atoms with Gasteiger partial charge in [-0.2, -0.15) is 0 Å². The minimum absolute atomic E-state index is 0.138. The highest BCUT2D eigenvalue weighted by Gasteiger charge is 2.08. The van der Waals surface area contributed by atoms with Crippen LogP contribution in [0.25, 0.3) is 10.2 Å². The summed E-state index contributed by atoms with van der Waals surface area (Å²) in [5, 5.41) is 14.2. The first kappa shape index (κ1) is 9.85. The quantitative estimate of drug-likeness (QED) is 0.824. The van der Waals surface area contributed by atoms with Gasteiger partial charge in [0, 0.05) is 0 Å². The van der Waals surface area contributed by atoms with Gasteiger partial charge in [-0.3, -0.25) is 4.79 Å². The Labute approximate surface area is 89.8 Å².